The molecule has 76 heavy (non-hydrogen) atoms. The number of fused-ring (bicyclic) bond motifs is 12. The van der Waals surface area contributed by atoms with Crippen molar-refractivity contribution in [2.24, 2.45) is 0 Å². The molecule has 0 fully saturated rings. The predicted octanol–water partition coefficient (Wildman–Crippen LogP) is 20.6. The number of benzene rings is 11. The van der Waals surface area contributed by atoms with Crippen molar-refractivity contribution in [2.45, 2.75) is 0 Å². The summed E-state index contributed by atoms with van der Waals surface area (Å²) >= 11 is 3.77. The van der Waals surface area contributed by atoms with Crippen molar-refractivity contribution >= 4 is 107 Å². The molecule has 0 unspecified atom stereocenters. The topological polar surface area (TPSA) is 9.86 Å². The molecule has 0 aliphatic rings. The Labute approximate surface area is 446 Å². The van der Waals surface area contributed by atoms with Crippen LogP contribution in [0, 0.1) is 12.1 Å². The quantitative estimate of drug-likeness (QED) is 0.151. The van der Waals surface area contributed by atoms with E-state index >= 15 is 0 Å². The van der Waals surface area contributed by atoms with Gasteiger partial charge < -0.3 is 9.13 Å². The molecule has 16 aromatic rings. The molecule has 0 saturated carbocycles. The number of aromatic nitrogens is 2. The van der Waals surface area contributed by atoms with Crippen LogP contribution in [0.15, 0.2) is 255 Å². The lowest BCUT2D eigenvalue weighted by Crippen LogP contribution is -1.94. The molecule has 0 bridgehead atoms. The number of hydrogen-bond acceptors (Lipinski definition) is 2. The zero-order valence-electron chi connectivity index (χ0n) is 41.0. The number of thiophene rings is 2. The highest BCUT2D eigenvalue weighted by Crippen LogP contribution is 2.45. The summed E-state index contributed by atoms with van der Waals surface area (Å²) in [4.78, 5) is 0. The molecule has 0 saturated heterocycles. The van der Waals surface area contributed by atoms with Crippen LogP contribution >= 0.6 is 22.7 Å². The van der Waals surface area contributed by atoms with Crippen LogP contribution in [-0.2, 0) is 0 Å². The zero-order chi connectivity index (χ0) is 49.8. The lowest BCUT2D eigenvalue weighted by Gasteiger charge is -2.11. The Morgan fingerprint density at radius 3 is 1.13 bits per heavy atom. The van der Waals surface area contributed by atoms with E-state index in [0.717, 1.165) is 22.5 Å². The summed E-state index contributed by atoms with van der Waals surface area (Å²) in [5.41, 5.74) is 19.0. The van der Waals surface area contributed by atoms with E-state index in [9.17, 15) is 0 Å². The highest BCUT2D eigenvalue weighted by Gasteiger charge is 2.20. The minimum atomic E-state index is 1.12. The van der Waals surface area contributed by atoms with Crippen LogP contribution in [0.5, 0.6) is 0 Å². The molecular weight excluding hydrogens is 957 g/mol. The second-order valence-electron chi connectivity index (χ2n) is 19.8. The number of rotatable bonds is 7. The van der Waals surface area contributed by atoms with E-state index in [2.05, 4.69) is 264 Å². The Morgan fingerprint density at radius 1 is 0.263 bits per heavy atom. The number of nitrogens with zero attached hydrogens (tertiary/aromatic N) is 2. The average molecular weight is 999 g/mol. The van der Waals surface area contributed by atoms with Gasteiger partial charge in [-0.15, -0.1) is 22.7 Å². The van der Waals surface area contributed by atoms with Gasteiger partial charge in [0, 0.05) is 73.3 Å². The Balaban J connectivity index is 0.892. The standard InChI is InChI=1S/C72H42N2S2/c1-3-13-45(14-4-1)47-25-33-53(34-26-47)73-65-37-29-49(41-61(65)63-43-51(31-39-67(63)73)55-19-11-21-59-57-17-7-9-23-69(57)75-71(55)59)50-30-38-66-62(42-50)64-44-52(56-20-12-22-60-58-18-8-10-24-70(58)76-72(56)60)32-40-68(64)74(66)54-35-27-48(28-36-54)46-15-5-2-6-16-46/h1,3-5,7-44H. The lowest BCUT2D eigenvalue weighted by atomic mass is 9.98. The number of hydrogen-bond donors (Lipinski definition) is 0. The molecule has 0 spiro atoms. The monoisotopic (exact) mass is 998 g/mol. The van der Waals surface area contributed by atoms with Crippen molar-refractivity contribution < 1.29 is 0 Å². The Morgan fingerprint density at radius 2 is 0.658 bits per heavy atom. The fourth-order valence-electron chi connectivity index (χ4n) is 12.0. The lowest BCUT2D eigenvalue weighted by molar-refractivity contribution is 1.18. The van der Waals surface area contributed by atoms with E-state index < -0.39 is 0 Å². The van der Waals surface area contributed by atoms with Gasteiger partial charge in [0.2, 0.25) is 0 Å². The normalized spacial score (nSPS) is 11.8. The van der Waals surface area contributed by atoms with Gasteiger partial charge in [-0.3, -0.25) is 0 Å². The van der Waals surface area contributed by atoms with E-state index in [1.807, 2.05) is 34.8 Å². The Kier molecular flexibility index (Phi) is 9.62. The van der Waals surface area contributed by atoms with E-state index in [0.29, 0.717) is 0 Å². The highest BCUT2D eigenvalue weighted by molar-refractivity contribution is 7.26. The second-order valence-corrected chi connectivity index (χ2v) is 21.9. The third-order valence-electron chi connectivity index (χ3n) is 15.6. The van der Waals surface area contributed by atoms with Gasteiger partial charge in [0.05, 0.1) is 22.1 Å². The van der Waals surface area contributed by atoms with Gasteiger partial charge >= 0.3 is 0 Å². The summed E-state index contributed by atoms with van der Waals surface area (Å²) in [7, 11) is 0. The summed E-state index contributed by atoms with van der Waals surface area (Å²) in [5, 5.41) is 10.1. The summed E-state index contributed by atoms with van der Waals surface area (Å²) in [6.07, 6.45) is 0. The molecule has 16 rings (SSSR count). The van der Waals surface area contributed by atoms with Gasteiger partial charge in [-0.2, -0.15) is 0 Å². The maximum absolute atomic E-state index is 3.13. The SMILES string of the molecule is c1ccc(-c2ccc(-n3c4ccc(-c5ccc6c(c5)c5cc(-c7cccc8c7sc7ccccc78)ccc5n6-c5ccc(-c6ccccc6)cc5)cc4c4cc(-c5cccc6c5sc5ccccc56)ccc43)cc2)cc#1. The zero-order valence-corrected chi connectivity index (χ0v) is 42.6. The van der Waals surface area contributed by atoms with Crippen LogP contribution in [-0.4, -0.2) is 9.13 Å². The molecule has 0 atom stereocenters. The van der Waals surface area contributed by atoms with Crippen molar-refractivity contribution in [2.75, 3.05) is 0 Å². The molecule has 2 nitrogen and oxygen atoms in total. The van der Waals surface area contributed by atoms with E-state index in [-0.39, 0.29) is 0 Å². The first kappa shape index (κ1) is 43.0. The maximum atomic E-state index is 3.13. The average Bonchev–Trinajstić information content (AvgIpc) is 4.32. The van der Waals surface area contributed by atoms with Gasteiger partial charge in [0.25, 0.3) is 0 Å². The Bertz CT molecular complexity index is 4640. The van der Waals surface area contributed by atoms with Crippen molar-refractivity contribution in [1.82, 2.24) is 9.13 Å². The van der Waals surface area contributed by atoms with Gasteiger partial charge in [-0.1, -0.05) is 164 Å². The summed E-state index contributed by atoms with van der Waals surface area (Å²) in [5.74, 6) is 0. The Hall–Kier alpha value is -9.50. The maximum Gasteiger partial charge on any atom is 0.0541 e. The third kappa shape index (κ3) is 6.74. The van der Waals surface area contributed by atoms with Crippen molar-refractivity contribution in [3.8, 4) is 67.0 Å². The van der Waals surface area contributed by atoms with Crippen LogP contribution in [0.4, 0.5) is 0 Å². The molecule has 0 amide bonds. The predicted molar refractivity (Wildman–Crippen MR) is 326 cm³/mol. The molecule has 0 aliphatic carbocycles. The fourth-order valence-corrected chi connectivity index (χ4v) is 14.5. The van der Waals surface area contributed by atoms with Crippen molar-refractivity contribution in [1.29, 1.82) is 0 Å². The van der Waals surface area contributed by atoms with Crippen LogP contribution in [0.2, 0.25) is 0 Å². The van der Waals surface area contributed by atoms with Crippen molar-refractivity contribution in [3.05, 3.63) is 267 Å². The summed E-state index contributed by atoms with van der Waals surface area (Å²) < 4.78 is 10.2. The molecule has 4 heteroatoms. The fraction of sp³-hybridized carbons (Fsp3) is 0. The van der Waals surface area contributed by atoms with E-state index in [1.54, 1.807) is 0 Å². The molecule has 0 N–H and O–H groups in total. The van der Waals surface area contributed by atoms with Gasteiger partial charge in [-0.05, 0) is 159 Å². The first-order chi connectivity index (χ1) is 37.7. The van der Waals surface area contributed by atoms with E-state index in [4.69, 9.17) is 0 Å². The van der Waals surface area contributed by atoms with Crippen molar-refractivity contribution in [3.63, 3.8) is 0 Å². The van der Waals surface area contributed by atoms with Crippen LogP contribution in [0.25, 0.3) is 151 Å². The van der Waals surface area contributed by atoms with Gasteiger partial charge in [0.1, 0.15) is 0 Å². The molecule has 12 aromatic carbocycles. The molecule has 0 aliphatic heterocycles. The molecule has 0 radical (unpaired) electrons. The second kappa shape index (κ2) is 17.0. The molecule has 4 aromatic heterocycles. The molecular formula is C72H42N2S2. The highest BCUT2D eigenvalue weighted by atomic mass is 32.1. The first-order valence-electron chi connectivity index (χ1n) is 25.8. The van der Waals surface area contributed by atoms with Crippen LogP contribution in [0.1, 0.15) is 0 Å². The van der Waals surface area contributed by atoms with Crippen LogP contribution in [0.3, 0.4) is 0 Å². The van der Waals surface area contributed by atoms with Crippen LogP contribution < -0.4 is 0 Å². The smallest absolute Gasteiger partial charge is 0.0541 e. The van der Waals surface area contributed by atoms with Gasteiger partial charge in [-0.25, -0.2) is 0 Å². The van der Waals surface area contributed by atoms with Gasteiger partial charge in [0.15, 0.2) is 0 Å². The third-order valence-corrected chi connectivity index (χ3v) is 18.1. The minimum absolute atomic E-state index is 1.12. The molecule has 4 heterocycles. The first-order valence-corrected chi connectivity index (χ1v) is 27.4. The van der Waals surface area contributed by atoms with E-state index in [1.165, 1.54) is 128 Å². The minimum Gasteiger partial charge on any atom is -0.309 e. The summed E-state index contributed by atoms with van der Waals surface area (Å²) in [6, 6.07) is 100. The molecule has 352 valence electrons. The largest absolute Gasteiger partial charge is 0.309 e. The summed E-state index contributed by atoms with van der Waals surface area (Å²) in [6.45, 7) is 0.